The van der Waals surface area contributed by atoms with E-state index in [1.54, 1.807) is 0 Å². The summed E-state index contributed by atoms with van der Waals surface area (Å²) in [5.41, 5.74) is 8.40. The smallest absolute Gasteiger partial charge is 0.0219 e. The Kier molecular flexibility index (Phi) is 5.60. The molecule has 116 valence electrons. The zero-order valence-electron chi connectivity index (χ0n) is 14.6. The van der Waals surface area contributed by atoms with Crippen LogP contribution in [0.5, 0.6) is 0 Å². The lowest BCUT2D eigenvalue weighted by molar-refractivity contribution is 0.866. The molecule has 0 N–H and O–H groups in total. The number of hydrogen-bond donors (Lipinski definition) is 0. The second-order valence-corrected chi connectivity index (χ2v) is 6.31. The summed E-state index contributed by atoms with van der Waals surface area (Å²) in [4.78, 5) is 0. The highest BCUT2D eigenvalue weighted by Crippen LogP contribution is 2.32. The molecule has 2 aromatic carbocycles. The summed E-state index contributed by atoms with van der Waals surface area (Å²) in [7, 11) is 0. The van der Waals surface area contributed by atoms with Gasteiger partial charge in [0.1, 0.15) is 0 Å². The van der Waals surface area contributed by atoms with Crippen LogP contribution in [-0.2, 0) is 0 Å². The monoisotopic (exact) mass is 292 g/mol. The fourth-order valence-corrected chi connectivity index (χ4v) is 3.01. The second kappa shape index (κ2) is 7.45. The van der Waals surface area contributed by atoms with Gasteiger partial charge in [-0.3, -0.25) is 0 Å². The molecule has 0 nitrogen and oxygen atoms in total. The van der Waals surface area contributed by atoms with Crippen molar-refractivity contribution >= 4 is 11.1 Å². The van der Waals surface area contributed by atoms with E-state index in [9.17, 15) is 0 Å². The first-order valence-corrected chi connectivity index (χ1v) is 8.46. The molecule has 0 radical (unpaired) electrons. The quantitative estimate of drug-likeness (QED) is 0.529. The molecule has 0 unspecified atom stereocenters. The van der Waals surface area contributed by atoms with Crippen molar-refractivity contribution in [3.05, 3.63) is 70.8 Å². The molecule has 0 bridgehead atoms. The molecule has 0 aliphatic carbocycles. The van der Waals surface area contributed by atoms with Crippen molar-refractivity contribution in [1.82, 2.24) is 0 Å². The molecule has 22 heavy (non-hydrogen) atoms. The number of aryl methyl sites for hydroxylation is 1. The van der Waals surface area contributed by atoms with Gasteiger partial charge in [0.15, 0.2) is 0 Å². The molecular weight excluding hydrogens is 264 g/mol. The van der Waals surface area contributed by atoms with Crippen LogP contribution in [0.2, 0.25) is 0 Å². The minimum absolute atomic E-state index is 0.589. The van der Waals surface area contributed by atoms with Gasteiger partial charge in [-0.1, -0.05) is 81.8 Å². The van der Waals surface area contributed by atoms with Crippen LogP contribution in [-0.4, -0.2) is 0 Å². The SMILES string of the molecule is CC/C(=C(/CC)c1ccc(C(C)C)cc1)c1ccc(C)cc1. The molecule has 0 aliphatic rings. The van der Waals surface area contributed by atoms with E-state index in [0.29, 0.717) is 5.92 Å². The Morgan fingerprint density at radius 1 is 0.727 bits per heavy atom. The predicted octanol–water partition coefficient (Wildman–Crippen LogP) is 6.85. The van der Waals surface area contributed by atoms with E-state index in [1.807, 2.05) is 0 Å². The van der Waals surface area contributed by atoms with Crippen LogP contribution in [0.4, 0.5) is 0 Å². The minimum atomic E-state index is 0.589. The summed E-state index contributed by atoms with van der Waals surface area (Å²) in [6.45, 7) is 11.2. The van der Waals surface area contributed by atoms with E-state index < -0.39 is 0 Å². The first-order chi connectivity index (χ1) is 10.6. The third kappa shape index (κ3) is 3.68. The molecule has 2 aromatic rings. The summed E-state index contributed by atoms with van der Waals surface area (Å²) >= 11 is 0. The zero-order chi connectivity index (χ0) is 16.1. The van der Waals surface area contributed by atoms with E-state index in [2.05, 4.69) is 83.1 Å². The molecule has 0 fully saturated rings. The van der Waals surface area contributed by atoms with E-state index in [0.717, 1.165) is 12.8 Å². The van der Waals surface area contributed by atoms with Crippen molar-refractivity contribution < 1.29 is 0 Å². The van der Waals surface area contributed by atoms with Crippen LogP contribution < -0.4 is 0 Å². The van der Waals surface area contributed by atoms with Crippen LogP contribution in [0.1, 0.15) is 68.7 Å². The van der Waals surface area contributed by atoms with E-state index >= 15 is 0 Å². The Morgan fingerprint density at radius 2 is 1.14 bits per heavy atom. The summed E-state index contributed by atoms with van der Waals surface area (Å²) in [5.74, 6) is 0.589. The van der Waals surface area contributed by atoms with Crippen molar-refractivity contribution in [1.29, 1.82) is 0 Å². The lowest BCUT2D eigenvalue weighted by atomic mass is 9.90. The lowest BCUT2D eigenvalue weighted by Gasteiger charge is -2.15. The Hall–Kier alpha value is -1.82. The molecular formula is C22H28. The molecule has 0 saturated heterocycles. The Balaban J connectivity index is 2.47. The van der Waals surface area contributed by atoms with Gasteiger partial charge in [-0.05, 0) is 53.5 Å². The molecule has 0 heteroatoms. The average Bonchev–Trinajstić information content (AvgIpc) is 2.53. The fourth-order valence-electron chi connectivity index (χ4n) is 3.01. The van der Waals surface area contributed by atoms with Crippen molar-refractivity contribution in [3.63, 3.8) is 0 Å². The van der Waals surface area contributed by atoms with Crippen molar-refractivity contribution in [2.75, 3.05) is 0 Å². The fraction of sp³-hybridized carbons (Fsp3) is 0.364. The zero-order valence-corrected chi connectivity index (χ0v) is 14.6. The molecule has 0 amide bonds. The van der Waals surface area contributed by atoms with Crippen molar-refractivity contribution in [3.8, 4) is 0 Å². The van der Waals surface area contributed by atoms with Crippen LogP contribution >= 0.6 is 0 Å². The summed E-state index contributed by atoms with van der Waals surface area (Å²) < 4.78 is 0. The molecule has 0 aliphatic heterocycles. The highest BCUT2D eigenvalue weighted by molar-refractivity contribution is 5.90. The van der Waals surface area contributed by atoms with E-state index in [1.165, 1.54) is 33.4 Å². The van der Waals surface area contributed by atoms with Gasteiger partial charge in [-0.15, -0.1) is 0 Å². The first-order valence-electron chi connectivity index (χ1n) is 8.46. The van der Waals surface area contributed by atoms with Crippen LogP contribution in [0, 0.1) is 6.92 Å². The largest absolute Gasteiger partial charge is 0.0613 e. The molecule has 0 spiro atoms. The Bertz CT molecular complexity index is 625. The predicted molar refractivity (Wildman–Crippen MR) is 99.1 cm³/mol. The maximum absolute atomic E-state index is 2.29. The topological polar surface area (TPSA) is 0 Å². The van der Waals surface area contributed by atoms with E-state index in [-0.39, 0.29) is 0 Å². The Morgan fingerprint density at radius 3 is 1.50 bits per heavy atom. The van der Waals surface area contributed by atoms with Crippen LogP contribution in [0.3, 0.4) is 0 Å². The number of benzene rings is 2. The maximum Gasteiger partial charge on any atom is -0.0219 e. The van der Waals surface area contributed by atoms with Crippen LogP contribution in [0.25, 0.3) is 11.1 Å². The highest BCUT2D eigenvalue weighted by Gasteiger charge is 2.09. The third-order valence-corrected chi connectivity index (χ3v) is 4.40. The summed E-state index contributed by atoms with van der Waals surface area (Å²) in [6, 6.07) is 18.1. The summed E-state index contributed by atoms with van der Waals surface area (Å²) in [6.07, 6.45) is 2.14. The molecule has 2 rings (SSSR count). The van der Waals surface area contributed by atoms with Gasteiger partial charge in [-0.2, -0.15) is 0 Å². The number of hydrogen-bond acceptors (Lipinski definition) is 0. The summed E-state index contributed by atoms with van der Waals surface area (Å²) in [5, 5.41) is 0. The number of rotatable bonds is 5. The van der Waals surface area contributed by atoms with Gasteiger partial charge in [0, 0.05) is 0 Å². The second-order valence-electron chi connectivity index (χ2n) is 6.31. The van der Waals surface area contributed by atoms with Crippen molar-refractivity contribution in [2.45, 2.75) is 53.4 Å². The van der Waals surface area contributed by atoms with Gasteiger partial charge >= 0.3 is 0 Å². The molecule has 0 aromatic heterocycles. The molecule has 0 atom stereocenters. The minimum Gasteiger partial charge on any atom is -0.0613 e. The normalized spacial score (nSPS) is 12.5. The van der Waals surface area contributed by atoms with Gasteiger partial charge in [0.25, 0.3) is 0 Å². The van der Waals surface area contributed by atoms with Crippen LogP contribution in [0.15, 0.2) is 48.5 Å². The number of allylic oxidation sites excluding steroid dienone is 2. The van der Waals surface area contributed by atoms with Gasteiger partial charge in [0.05, 0.1) is 0 Å². The maximum atomic E-state index is 2.29. The Labute approximate surface area is 135 Å². The third-order valence-electron chi connectivity index (χ3n) is 4.40. The molecule has 0 saturated carbocycles. The van der Waals surface area contributed by atoms with Gasteiger partial charge in [-0.25, -0.2) is 0 Å². The van der Waals surface area contributed by atoms with E-state index in [4.69, 9.17) is 0 Å². The average molecular weight is 292 g/mol. The van der Waals surface area contributed by atoms with Gasteiger partial charge < -0.3 is 0 Å². The molecule has 0 heterocycles. The van der Waals surface area contributed by atoms with Gasteiger partial charge in [0.2, 0.25) is 0 Å². The highest BCUT2D eigenvalue weighted by atomic mass is 14.1. The standard InChI is InChI=1S/C22H28/c1-6-21(19-10-8-17(5)9-11-19)22(7-2)20-14-12-18(13-15-20)16(3)4/h8-16H,6-7H2,1-5H3/b22-21+. The first kappa shape index (κ1) is 16.5. The lowest BCUT2D eigenvalue weighted by Crippen LogP contribution is -1.93. The van der Waals surface area contributed by atoms with Crippen molar-refractivity contribution in [2.24, 2.45) is 0 Å².